The molecule has 1 aliphatic rings. The SMILES string of the molecule is CN1CCN(C(=O)c2ccc(=O)n(C)n2)CC1. The van der Waals surface area contributed by atoms with E-state index in [9.17, 15) is 9.59 Å². The van der Waals surface area contributed by atoms with Crippen LogP contribution in [0, 0.1) is 0 Å². The van der Waals surface area contributed by atoms with Gasteiger partial charge in [0.25, 0.3) is 11.5 Å². The van der Waals surface area contributed by atoms with Crippen LogP contribution in [-0.4, -0.2) is 58.7 Å². The topological polar surface area (TPSA) is 58.4 Å². The van der Waals surface area contributed by atoms with Crippen molar-refractivity contribution in [2.24, 2.45) is 7.05 Å². The van der Waals surface area contributed by atoms with Crippen molar-refractivity contribution in [2.75, 3.05) is 33.2 Å². The molecule has 1 aromatic heterocycles. The van der Waals surface area contributed by atoms with Crippen LogP contribution in [0.3, 0.4) is 0 Å². The zero-order valence-electron chi connectivity index (χ0n) is 10.1. The Bertz CT molecular complexity index is 475. The standard InChI is InChI=1S/C11H16N4O2/c1-13-5-7-15(8-6-13)11(17)9-3-4-10(16)14(2)12-9/h3-4H,5-8H2,1-2H3. The second-order valence-corrected chi connectivity index (χ2v) is 4.28. The third kappa shape index (κ3) is 2.52. The van der Waals surface area contributed by atoms with Gasteiger partial charge in [-0.2, -0.15) is 5.10 Å². The average Bonchev–Trinajstić information content (AvgIpc) is 2.33. The summed E-state index contributed by atoms with van der Waals surface area (Å²) in [6, 6.07) is 2.86. The first kappa shape index (κ1) is 11.8. The van der Waals surface area contributed by atoms with Crippen LogP contribution in [0.5, 0.6) is 0 Å². The van der Waals surface area contributed by atoms with Gasteiger partial charge in [-0.15, -0.1) is 0 Å². The third-order valence-electron chi connectivity index (χ3n) is 2.97. The number of nitrogens with zero attached hydrogens (tertiary/aromatic N) is 4. The minimum Gasteiger partial charge on any atom is -0.335 e. The predicted molar refractivity (Wildman–Crippen MR) is 62.9 cm³/mol. The van der Waals surface area contributed by atoms with Gasteiger partial charge < -0.3 is 9.80 Å². The molecule has 0 saturated carbocycles. The molecule has 6 nitrogen and oxygen atoms in total. The molecule has 2 rings (SSSR count). The van der Waals surface area contributed by atoms with Gasteiger partial charge in [-0.25, -0.2) is 4.68 Å². The molecule has 0 spiro atoms. The Morgan fingerprint density at radius 1 is 1.18 bits per heavy atom. The Morgan fingerprint density at radius 3 is 2.41 bits per heavy atom. The Morgan fingerprint density at radius 2 is 1.82 bits per heavy atom. The summed E-state index contributed by atoms with van der Waals surface area (Å²) in [5.41, 5.74) is 0.122. The largest absolute Gasteiger partial charge is 0.335 e. The van der Waals surface area contributed by atoms with E-state index in [-0.39, 0.29) is 11.5 Å². The Hall–Kier alpha value is -1.69. The van der Waals surface area contributed by atoms with Crippen LogP contribution in [0.1, 0.15) is 10.5 Å². The highest BCUT2D eigenvalue weighted by atomic mass is 16.2. The number of hydrogen-bond acceptors (Lipinski definition) is 4. The van der Waals surface area contributed by atoms with Crippen molar-refractivity contribution < 1.29 is 4.79 Å². The van der Waals surface area contributed by atoms with Gasteiger partial charge in [-0.1, -0.05) is 0 Å². The first-order chi connectivity index (χ1) is 8.08. The van der Waals surface area contributed by atoms with Crippen molar-refractivity contribution in [2.45, 2.75) is 0 Å². The summed E-state index contributed by atoms with van der Waals surface area (Å²) in [6.07, 6.45) is 0. The van der Waals surface area contributed by atoms with E-state index in [0.29, 0.717) is 18.8 Å². The van der Waals surface area contributed by atoms with Gasteiger partial charge in [-0.3, -0.25) is 9.59 Å². The number of piperazine rings is 1. The molecule has 0 unspecified atom stereocenters. The number of amides is 1. The number of aryl methyl sites for hydroxylation is 1. The van der Waals surface area contributed by atoms with Crippen LogP contribution in [0.4, 0.5) is 0 Å². The van der Waals surface area contributed by atoms with E-state index in [2.05, 4.69) is 10.00 Å². The van der Waals surface area contributed by atoms with Crippen LogP contribution in [0.2, 0.25) is 0 Å². The van der Waals surface area contributed by atoms with Gasteiger partial charge in [0.2, 0.25) is 0 Å². The normalized spacial score (nSPS) is 17.2. The summed E-state index contributed by atoms with van der Waals surface area (Å²) in [5, 5.41) is 3.97. The lowest BCUT2D eigenvalue weighted by atomic mass is 10.3. The maximum atomic E-state index is 12.1. The molecule has 0 radical (unpaired) electrons. The zero-order valence-corrected chi connectivity index (χ0v) is 10.1. The third-order valence-corrected chi connectivity index (χ3v) is 2.97. The van der Waals surface area contributed by atoms with Crippen molar-refractivity contribution in [3.8, 4) is 0 Å². The molecule has 2 heterocycles. The molecule has 0 aromatic carbocycles. The van der Waals surface area contributed by atoms with E-state index in [1.54, 1.807) is 11.9 Å². The monoisotopic (exact) mass is 236 g/mol. The van der Waals surface area contributed by atoms with E-state index in [1.165, 1.54) is 16.8 Å². The Labute approximate surface area is 99.4 Å². The van der Waals surface area contributed by atoms with Crippen molar-refractivity contribution in [3.63, 3.8) is 0 Å². The van der Waals surface area contributed by atoms with Crippen LogP contribution >= 0.6 is 0 Å². The minimum absolute atomic E-state index is 0.103. The first-order valence-electron chi connectivity index (χ1n) is 5.60. The van der Waals surface area contributed by atoms with Crippen LogP contribution in [0.15, 0.2) is 16.9 Å². The van der Waals surface area contributed by atoms with Gasteiger partial charge in [0, 0.05) is 39.3 Å². The maximum absolute atomic E-state index is 12.1. The molecule has 0 atom stereocenters. The van der Waals surface area contributed by atoms with Gasteiger partial charge >= 0.3 is 0 Å². The predicted octanol–water partition coefficient (Wildman–Crippen LogP) is -0.832. The van der Waals surface area contributed by atoms with E-state index >= 15 is 0 Å². The second-order valence-electron chi connectivity index (χ2n) is 4.28. The number of rotatable bonds is 1. The van der Waals surface area contributed by atoms with E-state index in [0.717, 1.165) is 13.1 Å². The summed E-state index contributed by atoms with van der Waals surface area (Å²) in [6.45, 7) is 3.16. The van der Waals surface area contributed by atoms with Gasteiger partial charge in [-0.05, 0) is 13.1 Å². The van der Waals surface area contributed by atoms with Crippen molar-refractivity contribution >= 4 is 5.91 Å². The number of carbonyl (C=O) groups is 1. The molecule has 17 heavy (non-hydrogen) atoms. The lowest BCUT2D eigenvalue weighted by Crippen LogP contribution is -2.47. The molecular weight excluding hydrogens is 220 g/mol. The maximum Gasteiger partial charge on any atom is 0.274 e. The summed E-state index contributed by atoms with van der Waals surface area (Å²) in [5.74, 6) is -0.103. The molecular formula is C11H16N4O2. The van der Waals surface area contributed by atoms with Crippen molar-refractivity contribution in [1.29, 1.82) is 0 Å². The lowest BCUT2D eigenvalue weighted by Gasteiger charge is -2.32. The number of hydrogen-bond donors (Lipinski definition) is 0. The Balaban J connectivity index is 2.14. The fourth-order valence-electron chi connectivity index (χ4n) is 1.79. The fraction of sp³-hybridized carbons (Fsp3) is 0.545. The van der Waals surface area contributed by atoms with Crippen LogP contribution in [-0.2, 0) is 7.05 Å². The van der Waals surface area contributed by atoms with E-state index in [4.69, 9.17) is 0 Å². The van der Waals surface area contributed by atoms with Gasteiger partial charge in [0.05, 0.1) is 0 Å². The molecule has 1 aliphatic heterocycles. The van der Waals surface area contributed by atoms with Crippen LogP contribution in [0.25, 0.3) is 0 Å². The molecule has 0 bridgehead atoms. The van der Waals surface area contributed by atoms with Crippen LogP contribution < -0.4 is 5.56 Å². The lowest BCUT2D eigenvalue weighted by molar-refractivity contribution is 0.0655. The highest BCUT2D eigenvalue weighted by Gasteiger charge is 2.21. The van der Waals surface area contributed by atoms with E-state index in [1.807, 2.05) is 7.05 Å². The summed E-state index contributed by atoms with van der Waals surface area (Å²) in [4.78, 5) is 27.2. The average molecular weight is 236 g/mol. The molecule has 6 heteroatoms. The molecule has 0 aliphatic carbocycles. The van der Waals surface area contributed by atoms with Crippen molar-refractivity contribution in [1.82, 2.24) is 19.6 Å². The smallest absolute Gasteiger partial charge is 0.274 e. The summed E-state index contributed by atoms with van der Waals surface area (Å²) < 4.78 is 1.18. The summed E-state index contributed by atoms with van der Waals surface area (Å²) >= 11 is 0. The molecule has 1 saturated heterocycles. The van der Waals surface area contributed by atoms with Gasteiger partial charge in [0.15, 0.2) is 0 Å². The number of aromatic nitrogens is 2. The Kier molecular flexibility index (Phi) is 3.23. The highest BCUT2D eigenvalue weighted by molar-refractivity contribution is 5.92. The zero-order chi connectivity index (χ0) is 12.4. The second kappa shape index (κ2) is 4.67. The molecule has 1 fully saturated rings. The molecule has 1 amide bonds. The number of likely N-dealkylation sites (N-methyl/N-ethyl adjacent to an activating group) is 1. The van der Waals surface area contributed by atoms with E-state index < -0.39 is 0 Å². The molecule has 0 N–H and O–H groups in total. The minimum atomic E-state index is -0.208. The molecule has 92 valence electrons. The first-order valence-corrected chi connectivity index (χ1v) is 5.60. The quantitative estimate of drug-likeness (QED) is 0.638. The van der Waals surface area contributed by atoms with Gasteiger partial charge in [0.1, 0.15) is 5.69 Å². The number of carbonyl (C=O) groups excluding carboxylic acids is 1. The van der Waals surface area contributed by atoms with Crippen molar-refractivity contribution in [3.05, 3.63) is 28.2 Å². The summed E-state index contributed by atoms with van der Waals surface area (Å²) in [7, 11) is 3.58. The fourth-order valence-corrected chi connectivity index (χ4v) is 1.79. The molecule has 1 aromatic rings. The highest BCUT2D eigenvalue weighted by Crippen LogP contribution is 2.04.